The van der Waals surface area contributed by atoms with Gasteiger partial charge in [-0.25, -0.2) is 15.0 Å². The van der Waals surface area contributed by atoms with Crippen LogP contribution >= 0.6 is 0 Å². The Labute approximate surface area is 414 Å². The minimum absolute atomic E-state index is 0.169. The number of furan rings is 1. The molecule has 0 saturated carbocycles. The van der Waals surface area contributed by atoms with Crippen LogP contribution < -0.4 is 0 Å². The minimum Gasteiger partial charge on any atom is -0.455 e. The van der Waals surface area contributed by atoms with Gasteiger partial charge in [0, 0.05) is 60.2 Å². The molecule has 10 aromatic carbocycles. The van der Waals surface area contributed by atoms with Crippen molar-refractivity contribution in [1.82, 2.24) is 24.1 Å². The fraction of sp³-hybridized carbons (Fsp3) is 0.0455. The highest BCUT2D eigenvalue weighted by Crippen LogP contribution is 2.51. The van der Waals surface area contributed by atoms with E-state index in [-0.39, 0.29) is 5.41 Å². The third kappa shape index (κ3) is 5.99. The molecule has 1 aliphatic rings. The van der Waals surface area contributed by atoms with E-state index in [1.54, 1.807) is 0 Å². The number of rotatable bonds is 6. The molecule has 6 nitrogen and oxygen atoms in total. The zero-order chi connectivity index (χ0) is 47.7. The number of aromatic nitrogens is 5. The van der Waals surface area contributed by atoms with E-state index >= 15 is 0 Å². The second-order valence-corrected chi connectivity index (χ2v) is 19.6. The molecule has 0 atom stereocenters. The van der Waals surface area contributed by atoms with E-state index in [9.17, 15) is 0 Å². The zero-order valence-electron chi connectivity index (χ0n) is 39.5. The number of hydrogen-bond donors (Lipinski definition) is 0. The van der Waals surface area contributed by atoms with E-state index in [2.05, 4.69) is 187 Å². The van der Waals surface area contributed by atoms with Crippen molar-refractivity contribution in [1.29, 1.82) is 0 Å². The molecule has 0 unspecified atom stereocenters. The lowest BCUT2D eigenvalue weighted by atomic mass is 9.82. The monoisotopic (exact) mass is 921 g/mol. The quantitative estimate of drug-likeness (QED) is 0.167. The number of fused-ring (bicyclic) bond motifs is 12. The van der Waals surface area contributed by atoms with Crippen molar-refractivity contribution in [2.45, 2.75) is 19.3 Å². The summed E-state index contributed by atoms with van der Waals surface area (Å²) >= 11 is 0. The second kappa shape index (κ2) is 15.3. The topological polar surface area (TPSA) is 61.7 Å². The largest absolute Gasteiger partial charge is 0.455 e. The Morgan fingerprint density at radius 1 is 0.333 bits per heavy atom. The Balaban J connectivity index is 0.925. The molecule has 4 heterocycles. The van der Waals surface area contributed by atoms with Crippen LogP contribution in [-0.4, -0.2) is 24.1 Å². The molecule has 0 aliphatic heterocycles. The molecule has 0 radical (unpaired) electrons. The summed E-state index contributed by atoms with van der Waals surface area (Å²) in [6, 6.07) is 80.3. The van der Waals surface area contributed by atoms with Gasteiger partial charge in [0.25, 0.3) is 0 Å². The van der Waals surface area contributed by atoms with Crippen molar-refractivity contribution >= 4 is 65.6 Å². The van der Waals surface area contributed by atoms with Gasteiger partial charge in [0.05, 0.1) is 27.6 Å². The Morgan fingerprint density at radius 3 is 1.61 bits per heavy atom. The molecule has 0 N–H and O–H groups in total. The average molecular weight is 922 g/mol. The summed E-state index contributed by atoms with van der Waals surface area (Å²) < 4.78 is 11.7. The van der Waals surface area contributed by atoms with Crippen molar-refractivity contribution in [2.75, 3.05) is 0 Å². The molecule has 0 bridgehead atoms. The van der Waals surface area contributed by atoms with Gasteiger partial charge < -0.3 is 13.6 Å². The van der Waals surface area contributed by atoms with Crippen molar-refractivity contribution in [3.63, 3.8) is 0 Å². The molecule has 0 saturated heterocycles. The molecule has 6 heteroatoms. The summed E-state index contributed by atoms with van der Waals surface area (Å²) in [5, 5.41) is 6.92. The molecule has 15 rings (SSSR count). The van der Waals surface area contributed by atoms with Gasteiger partial charge in [-0.3, -0.25) is 0 Å². The standard InChI is InChI=1S/C66H43N5O/c1-66(2)55-27-14-12-23-46(55)50-38-53-52-36-43(42-29-32-58-51(35-42)47-24-13-15-28-57(47)70(58)44-21-10-5-11-22-44)30-33-59(52)71(60(53)39-56(50)66)45-31-34-61-54(37-45)48-25-16-26-49(62(48)72-61)65-68-63(40-17-6-3-7-18-40)67-64(69-65)41-19-8-4-9-20-41/h3-39H,1-2H3. The van der Waals surface area contributed by atoms with Gasteiger partial charge in [-0.15, -0.1) is 0 Å². The Bertz CT molecular complexity index is 4470. The molecule has 0 spiro atoms. The maximum atomic E-state index is 6.84. The van der Waals surface area contributed by atoms with Crippen LogP contribution in [0.3, 0.4) is 0 Å². The lowest BCUT2D eigenvalue weighted by Gasteiger charge is -2.21. The van der Waals surface area contributed by atoms with Gasteiger partial charge in [0.15, 0.2) is 17.5 Å². The second-order valence-electron chi connectivity index (χ2n) is 19.6. The smallest absolute Gasteiger partial charge is 0.167 e. The van der Waals surface area contributed by atoms with Crippen LogP contribution in [0.1, 0.15) is 25.0 Å². The van der Waals surface area contributed by atoms with Crippen LogP contribution in [0.25, 0.3) is 133 Å². The predicted molar refractivity (Wildman–Crippen MR) is 295 cm³/mol. The van der Waals surface area contributed by atoms with E-state index in [0.29, 0.717) is 17.5 Å². The van der Waals surface area contributed by atoms with Gasteiger partial charge in [-0.1, -0.05) is 159 Å². The highest BCUT2D eigenvalue weighted by atomic mass is 16.3. The van der Waals surface area contributed by atoms with Gasteiger partial charge in [0.1, 0.15) is 11.2 Å². The summed E-state index contributed by atoms with van der Waals surface area (Å²) in [5.74, 6) is 1.78. The number of nitrogens with zero attached hydrogens (tertiary/aromatic N) is 5. The summed E-state index contributed by atoms with van der Waals surface area (Å²) in [5.41, 5.74) is 18.6. The highest BCUT2D eigenvalue weighted by molar-refractivity contribution is 6.15. The lowest BCUT2D eigenvalue weighted by Crippen LogP contribution is -2.14. The first kappa shape index (κ1) is 40.5. The van der Waals surface area contributed by atoms with Gasteiger partial charge in [0.2, 0.25) is 0 Å². The van der Waals surface area contributed by atoms with E-state index in [1.165, 1.54) is 71.5 Å². The Hall–Kier alpha value is -9.39. The molecule has 14 aromatic rings. The van der Waals surface area contributed by atoms with Gasteiger partial charge in [-0.05, 0) is 112 Å². The normalized spacial score (nSPS) is 13.0. The van der Waals surface area contributed by atoms with Crippen LogP contribution in [-0.2, 0) is 5.41 Å². The summed E-state index contributed by atoms with van der Waals surface area (Å²) in [7, 11) is 0. The van der Waals surface area contributed by atoms with Gasteiger partial charge in [-0.2, -0.15) is 0 Å². The molecule has 338 valence electrons. The molecule has 72 heavy (non-hydrogen) atoms. The minimum atomic E-state index is -0.169. The number of para-hydroxylation sites is 3. The molecular weight excluding hydrogens is 879 g/mol. The number of benzene rings is 10. The van der Waals surface area contributed by atoms with Gasteiger partial charge >= 0.3 is 0 Å². The molecular formula is C66H43N5O. The lowest BCUT2D eigenvalue weighted by molar-refractivity contribution is 0.661. The molecule has 0 fully saturated rings. The summed E-state index contributed by atoms with van der Waals surface area (Å²) in [6.45, 7) is 4.72. The molecule has 1 aliphatic carbocycles. The van der Waals surface area contributed by atoms with Crippen molar-refractivity contribution < 1.29 is 4.42 Å². The SMILES string of the molecule is CC1(C)c2ccccc2-c2cc3c4cc(-c5ccc6c(c5)c5ccccc5n6-c5ccccc5)ccc4n(-c4ccc5oc6c(-c7nc(-c8ccccc8)nc(-c8ccccc8)n7)cccc6c5c4)c3cc21. The number of hydrogen-bond acceptors (Lipinski definition) is 4. The van der Waals surface area contributed by atoms with E-state index < -0.39 is 0 Å². The van der Waals surface area contributed by atoms with Crippen molar-refractivity contribution in [2.24, 2.45) is 0 Å². The average Bonchev–Trinajstić information content (AvgIpc) is 4.15. The highest BCUT2D eigenvalue weighted by Gasteiger charge is 2.36. The van der Waals surface area contributed by atoms with E-state index in [0.717, 1.165) is 55.5 Å². The van der Waals surface area contributed by atoms with Crippen LogP contribution in [0.15, 0.2) is 229 Å². The first-order chi connectivity index (χ1) is 35.4. The van der Waals surface area contributed by atoms with Crippen LogP contribution in [0.5, 0.6) is 0 Å². The van der Waals surface area contributed by atoms with E-state index in [4.69, 9.17) is 19.4 Å². The maximum Gasteiger partial charge on any atom is 0.167 e. The molecule has 4 aromatic heterocycles. The van der Waals surface area contributed by atoms with Crippen LogP contribution in [0, 0.1) is 0 Å². The third-order valence-electron chi connectivity index (χ3n) is 15.2. The van der Waals surface area contributed by atoms with E-state index in [1.807, 2.05) is 60.7 Å². The fourth-order valence-corrected chi connectivity index (χ4v) is 11.7. The van der Waals surface area contributed by atoms with Crippen LogP contribution in [0.2, 0.25) is 0 Å². The zero-order valence-corrected chi connectivity index (χ0v) is 39.5. The molecule has 0 amide bonds. The Kier molecular flexibility index (Phi) is 8.61. The third-order valence-corrected chi connectivity index (χ3v) is 15.2. The summed E-state index contributed by atoms with van der Waals surface area (Å²) in [6.07, 6.45) is 0. The first-order valence-electron chi connectivity index (χ1n) is 24.6. The van der Waals surface area contributed by atoms with Crippen molar-refractivity contribution in [3.8, 4) is 67.8 Å². The Morgan fingerprint density at radius 2 is 0.889 bits per heavy atom. The predicted octanol–water partition coefficient (Wildman–Crippen LogP) is 16.9. The fourth-order valence-electron chi connectivity index (χ4n) is 11.7. The first-order valence-corrected chi connectivity index (χ1v) is 24.6. The van der Waals surface area contributed by atoms with Crippen molar-refractivity contribution in [3.05, 3.63) is 236 Å². The summed E-state index contributed by atoms with van der Waals surface area (Å²) in [4.78, 5) is 15.1. The maximum absolute atomic E-state index is 6.84. The van der Waals surface area contributed by atoms with Crippen LogP contribution in [0.4, 0.5) is 0 Å².